The number of imidazole rings is 1. The average molecular weight is 324 g/mol. The number of pyridine rings is 1. The van der Waals surface area contributed by atoms with Crippen LogP contribution in [-0.2, 0) is 4.74 Å². The van der Waals surface area contributed by atoms with Crippen molar-refractivity contribution in [2.24, 2.45) is 5.10 Å². The number of H-pyrrole nitrogens is 1. The molecule has 0 bridgehead atoms. The minimum absolute atomic E-state index is 0.281. The van der Waals surface area contributed by atoms with Crippen molar-refractivity contribution < 1.29 is 9.53 Å². The molecule has 3 aromatic rings. The molecule has 3 N–H and O–H groups in total. The summed E-state index contributed by atoms with van der Waals surface area (Å²) in [5.41, 5.74) is 5.68. The molecule has 0 radical (unpaired) electrons. The normalized spacial score (nSPS) is 10.9. The predicted octanol–water partition coefficient (Wildman–Crippen LogP) is 2.97. The second-order valence-corrected chi connectivity index (χ2v) is 4.78. The van der Waals surface area contributed by atoms with E-state index in [9.17, 15) is 4.79 Å². The van der Waals surface area contributed by atoms with Gasteiger partial charge in [0.15, 0.2) is 5.65 Å². The Hall–Kier alpha value is -3.42. The Kier molecular flexibility index (Phi) is 4.66. The van der Waals surface area contributed by atoms with Crippen LogP contribution in [0.2, 0.25) is 0 Å². The van der Waals surface area contributed by atoms with E-state index in [1.54, 1.807) is 19.2 Å². The molecular weight excluding hydrogens is 308 g/mol. The summed E-state index contributed by atoms with van der Waals surface area (Å²) in [7, 11) is 0. The number of hydrazone groups is 1. The molecule has 3 rings (SSSR count). The summed E-state index contributed by atoms with van der Waals surface area (Å²) >= 11 is 0. The SMILES string of the molecule is CCOC(=O)Nc1cc(N/N=C/c2ccccc2)c2[nH]cnc2n1. The number of anilines is 2. The highest BCUT2D eigenvalue weighted by molar-refractivity contribution is 5.91. The second kappa shape index (κ2) is 7.23. The van der Waals surface area contributed by atoms with Crippen LogP contribution in [0.25, 0.3) is 11.2 Å². The first-order valence-corrected chi connectivity index (χ1v) is 7.38. The Labute approximate surface area is 138 Å². The monoisotopic (exact) mass is 324 g/mol. The molecule has 0 atom stereocenters. The molecule has 1 aromatic carbocycles. The molecule has 2 aromatic heterocycles. The van der Waals surface area contributed by atoms with Crippen LogP contribution in [0, 0.1) is 0 Å². The lowest BCUT2D eigenvalue weighted by Gasteiger charge is -2.07. The molecule has 0 saturated carbocycles. The number of aromatic nitrogens is 3. The summed E-state index contributed by atoms with van der Waals surface area (Å²) in [5, 5.41) is 6.76. The minimum atomic E-state index is -0.571. The van der Waals surface area contributed by atoms with E-state index >= 15 is 0 Å². The van der Waals surface area contributed by atoms with Crippen molar-refractivity contribution in [1.29, 1.82) is 0 Å². The lowest BCUT2D eigenvalue weighted by Crippen LogP contribution is -2.14. The summed E-state index contributed by atoms with van der Waals surface area (Å²) in [4.78, 5) is 22.9. The van der Waals surface area contributed by atoms with Gasteiger partial charge in [-0.2, -0.15) is 5.10 Å². The Balaban J connectivity index is 1.82. The van der Waals surface area contributed by atoms with Gasteiger partial charge in [0, 0.05) is 6.07 Å². The lowest BCUT2D eigenvalue weighted by molar-refractivity contribution is 0.168. The van der Waals surface area contributed by atoms with Crippen LogP contribution in [0.3, 0.4) is 0 Å². The van der Waals surface area contributed by atoms with E-state index < -0.39 is 6.09 Å². The average Bonchev–Trinajstić information content (AvgIpc) is 3.04. The van der Waals surface area contributed by atoms with Crippen molar-refractivity contribution in [1.82, 2.24) is 15.0 Å². The number of carbonyl (C=O) groups is 1. The number of nitrogens with zero attached hydrogens (tertiary/aromatic N) is 3. The number of carbonyl (C=O) groups excluding carboxylic acids is 1. The number of hydrogen-bond acceptors (Lipinski definition) is 6. The van der Waals surface area contributed by atoms with E-state index in [2.05, 4.69) is 30.8 Å². The Morgan fingerprint density at radius 3 is 3.00 bits per heavy atom. The van der Waals surface area contributed by atoms with Gasteiger partial charge in [0.25, 0.3) is 0 Å². The third kappa shape index (κ3) is 3.67. The fraction of sp³-hybridized carbons (Fsp3) is 0.125. The van der Waals surface area contributed by atoms with Crippen LogP contribution in [0.15, 0.2) is 47.8 Å². The third-order valence-electron chi connectivity index (χ3n) is 3.10. The molecule has 0 saturated heterocycles. The summed E-state index contributed by atoms with van der Waals surface area (Å²) in [5.74, 6) is 0.325. The Morgan fingerprint density at radius 1 is 1.38 bits per heavy atom. The minimum Gasteiger partial charge on any atom is -0.450 e. The lowest BCUT2D eigenvalue weighted by atomic mass is 10.2. The predicted molar refractivity (Wildman–Crippen MR) is 92.2 cm³/mol. The number of fused-ring (bicyclic) bond motifs is 1. The molecule has 0 spiro atoms. The molecule has 2 heterocycles. The molecule has 0 aliphatic heterocycles. The molecule has 0 fully saturated rings. The van der Waals surface area contributed by atoms with Crippen molar-refractivity contribution in [3.63, 3.8) is 0 Å². The van der Waals surface area contributed by atoms with Crippen LogP contribution < -0.4 is 10.7 Å². The smallest absolute Gasteiger partial charge is 0.412 e. The summed E-state index contributed by atoms with van der Waals surface area (Å²) in [6, 6.07) is 11.3. The second-order valence-electron chi connectivity index (χ2n) is 4.78. The zero-order valence-corrected chi connectivity index (χ0v) is 13.0. The number of nitrogens with one attached hydrogen (secondary N) is 3. The van der Waals surface area contributed by atoms with Crippen molar-refractivity contribution >= 4 is 35.0 Å². The van der Waals surface area contributed by atoms with E-state index in [0.29, 0.717) is 22.7 Å². The topological polar surface area (TPSA) is 104 Å². The van der Waals surface area contributed by atoms with Crippen molar-refractivity contribution in [2.75, 3.05) is 17.3 Å². The van der Waals surface area contributed by atoms with Gasteiger partial charge in [0.2, 0.25) is 0 Å². The summed E-state index contributed by atoms with van der Waals surface area (Å²) < 4.78 is 4.85. The fourth-order valence-corrected chi connectivity index (χ4v) is 2.06. The number of benzene rings is 1. The number of amides is 1. The highest BCUT2D eigenvalue weighted by atomic mass is 16.5. The highest BCUT2D eigenvalue weighted by Gasteiger charge is 2.10. The number of aromatic amines is 1. The van der Waals surface area contributed by atoms with Gasteiger partial charge >= 0.3 is 6.09 Å². The number of hydrogen-bond donors (Lipinski definition) is 3. The fourth-order valence-electron chi connectivity index (χ4n) is 2.06. The molecule has 0 aliphatic rings. The van der Waals surface area contributed by atoms with Gasteiger partial charge in [-0.1, -0.05) is 30.3 Å². The van der Waals surface area contributed by atoms with Crippen molar-refractivity contribution in [3.8, 4) is 0 Å². The molecule has 0 aliphatic carbocycles. The van der Waals surface area contributed by atoms with E-state index in [1.807, 2.05) is 30.3 Å². The van der Waals surface area contributed by atoms with E-state index in [1.165, 1.54) is 6.33 Å². The molecular formula is C16H16N6O2. The van der Waals surface area contributed by atoms with Gasteiger partial charge in [-0.05, 0) is 12.5 Å². The Morgan fingerprint density at radius 2 is 2.21 bits per heavy atom. The summed E-state index contributed by atoms with van der Waals surface area (Å²) in [6.45, 7) is 2.01. The zero-order chi connectivity index (χ0) is 16.8. The third-order valence-corrected chi connectivity index (χ3v) is 3.10. The first-order valence-electron chi connectivity index (χ1n) is 7.38. The molecule has 24 heavy (non-hydrogen) atoms. The molecule has 122 valence electrons. The van der Waals surface area contributed by atoms with Crippen LogP contribution >= 0.6 is 0 Å². The van der Waals surface area contributed by atoms with Gasteiger partial charge in [-0.25, -0.2) is 14.8 Å². The first-order chi connectivity index (χ1) is 11.8. The van der Waals surface area contributed by atoms with Gasteiger partial charge in [-0.15, -0.1) is 0 Å². The largest absolute Gasteiger partial charge is 0.450 e. The number of ether oxygens (including phenoxy) is 1. The van der Waals surface area contributed by atoms with Crippen LogP contribution in [-0.4, -0.2) is 33.9 Å². The molecule has 8 heteroatoms. The quantitative estimate of drug-likeness (QED) is 0.494. The van der Waals surface area contributed by atoms with E-state index in [0.717, 1.165) is 5.56 Å². The van der Waals surface area contributed by atoms with Gasteiger partial charge in [0.05, 0.1) is 24.8 Å². The maximum atomic E-state index is 11.5. The standard InChI is InChI=1S/C16H16N6O2/c1-2-24-16(23)21-13-8-12(14-15(20-13)18-10-17-14)22-19-9-11-6-4-3-5-7-11/h3-10H,2H2,1H3,(H3,17,18,20,21,22,23)/b19-9+. The Bertz CT molecular complexity index is 859. The maximum absolute atomic E-state index is 11.5. The zero-order valence-electron chi connectivity index (χ0n) is 13.0. The van der Waals surface area contributed by atoms with E-state index in [-0.39, 0.29) is 6.61 Å². The van der Waals surface area contributed by atoms with Crippen molar-refractivity contribution in [2.45, 2.75) is 6.92 Å². The number of rotatable bonds is 5. The van der Waals surface area contributed by atoms with Crippen LogP contribution in [0.4, 0.5) is 16.3 Å². The maximum Gasteiger partial charge on any atom is 0.412 e. The van der Waals surface area contributed by atoms with Gasteiger partial charge < -0.3 is 9.72 Å². The highest BCUT2D eigenvalue weighted by Crippen LogP contribution is 2.22. The first kappa shape index (κ1) is 15.5. The van der Waals surface area contributed by atoms with Gasteiger partial charge in [0.1, 0.15) is 11.3 Å². The van der Waals surface area contributed by atoms with Crippen LogP contribution in [0.5, 0.6) is 0 Å². The molecule has 0 unspecified atom stereocenters. The van der Waals surface area contributed by atoms with Crippen molar-refractivity contribution in [3.05, 3.63) is 48.3 Å². The molecule has 8 nitrogen and oxygen atoms in total. The van der Waals surface area contributed by atoms with Crippen LogP contribution in [0.1, 0.15) is 12.5 Å². The van der Waals surface area contributed by atoms with E-state index in [4.69, 9.17) is 4.74 Å². The summed E-state index contributed by atoms with van der Waals surface area (Å²) in [6.07, 6.45) is 2.65. The molecule has 1 amide bonds. The van der Waals surface area contributed by atoms with Gasteiger partial charge in [-0.3, -0.25) is 10.7 Å².